The molecule has 4 heteroatoms. The summed E-state index contributed by atoms with van der Waals surface area (Å²) in [4.78, 5) is 0. The minimum absolute atomic E-state index is 0.265. The fourth-order valence-corrected chi connectivity index (χ4v) is 2.53. The van der Waals surface area contributed by atoms with E-state index in [2.05, 4.69) is 31.9 Å². The monoisotopic (exact) mass is 370 g/mol. The highest BCUT2D eigenvalue weighted by Crippen LogP contribution is 2.31. The van der Waals surface area contributed by atoms with Gasteiger partial charge >= 0.3 is 0 Å². The molecule has 2 nitrogen and oxygen atoms in total. The summed E-state index contributed by atoms with van der Waals surface area (Å²) in [5.41, 5.74) is 2.12. The van der Waals surface area contributed by atoms with Gasteiger partial charge in [0.2, 0.25) is 0 Å². The molecule has 0 saturated heterocycles. The van der Waals surface area contributed by atoms with Crippen molar-refractivity contribution in [3.8, 4) is 11.5 Å². The minimum Gasteiger partial charge on any atom is -0.508 e. The quantitative estimate of drug-likeness (QED) is 0.794. The molecular weight excluding hydrogens is 360 g/mol. The van der Waals surface area contributed by atoms with E-state index >= 15 is 0 Å². The molecule has 1 N–H and O–H groups in total. The van der Waals surface area contributed by atoms with Crippen molar-refractivity contribution in [2.24, 2.45) is 0 Å². The van der Waals surface area contributed by atoms with Gasteiger partial charge in [-0.3, -0.25) is 0 Å². The van der Waals surface area contributed by atoms with Gasteiger partial charge in [0.25, 0.3) is 0 Å². The molecule has 0 aliphatic rings. The molecule has 0 amide bonds. The maximum atomic E-state index is 9.21. The molecule has 0 aliphatic carbocycles. The second kappa shape index (κ2) is 6.25. The van der Waals surface area contributed by atoms with Crippen molar-refractivity contribution in [1.82, 2.24) is 0 Å². The highest BCUT2D eigenvalue weighted by molar-refractivity contribution is 9.10. The van der Waals surface area contributed by atoms with Crippen molar-refractivity contribution in [3.05, 3.63) is 58.1 Å². The fourth-order valence-electron chi connectivity index (χ4n) is 1.57. The van der Waals surface area contributed by atoms with Gasteiger partial charge in [-0.25, -0.2) is 0 Å². The second-order valence-electron chi connectivity index (χ2n) is 3.82. The zero-order valence-corrected chi connectivity index (χ0v) is 12.7. The molecule has 94 valence electrons. The van der Waals surface area contributed by atoms with Gasteiger partial charge in [-0.1, -0.05) is 40.2 Å². The Morgan fingerprint density at radius 1 is 1.06 bits per heavy atom. The lowest BCUT2D eigenvalue weighted by molar-refractivity contribution is 0.302. The second-order valence-corrected chi connectivity index (χ2v) is 5.23. The first-order chi connectivity index (χ1) is 8.70. The topological polar surface area (TPSA) is 29.5 Å². The predicted molar refractivity (Wildman–Crippen MR) is 79.2 cm³/mol. The van der Waals surface area contributed by atoms with Gasteiger partial charge < -0.3 is 9.84 Å². The Labute approximate surface area is 123 Å². The van der Waals surface area contributed by atoms with E-state index in [1.165, 1.54) is 0 Å². The van der Waals surface area contributed by atoms with Crippen LogP contribution in [0, 0.1) is 0 Å². The van der Waals surface area contributed by atoms with E-state index < -0.39 is 0 Å². The summed E-state index contributed by atoms with van der Waals surface area (Å²) < 4.78 is 6.77. The highest BCUT2D eigenvalue weighted by Gasteiger charge is 2.07. The van der Waals surface area contributed by atoms with E-state index in [4.69, 9.17) is 4.74 Å². The third-order valence-electron chi connectivity index (χ3n) is 2.51. The lowest BCUT2D eigenvalue weighted by Crippen LogP contribution is -1.98. The number of benzene rings is 2. The highest BCUT2D eigenvalue weighted by atomic mass is 79.9. The lowest BCUT2D eigenvalue weighted by Gasteiger charge is -2.12. The predicted octanol–water partition coefficient (Wildman–Crippen LogP) is 4.63. The summed E-state index contributed by atoms with van der Waals surface area (Å²) in [6, 6.07) is 13.0. The van der Waals surface area contributed by atoms with Crippen LogP contribution in [-0.4, -0.2) is 5.11 Å². The van der Waals surface area contributed by atoms with E-state index in [9.17, 15) is 5.11 Å². The summed E-state index contributed by atoms with van der Waals surface area (Å²) >= 11 is 6.93. The van der Waals surface area contributed by atoms with Gasteiger partial charge in [0, 0.05) is 10.9 Å². The Morgan fingerprint density at radius 2 is 1.78 bits per heavy atom. The number of halogens is 2. The summed E-state index contributed by atoms with van der Waals surface area (Å²) in [6.45, 7) is 0.475. The number of alkyl halides is 1. The number of para-hydroxylation sites is 1. The van der Waals surface area contributed by atoms with Crippen molar-refractivity contribution in [2.75, 3.05) is 0 Å². The SMILES string of the molecule is Oc1ccc(COc2c(Br)cccc2CBr)cc1. The smallest absolute Gasteiger partial charge is 0.138 e. The van der Waals surface area contributed by atoms with Crippen LogP contribution < -0.4 is 4.74 Å². The number of aromatic hydroxyl groups is 1. The van der Waals surface area contributed by atoms with Crippen LogP contribution in [0.15, 0.2) is 46.9 Å². The standard InChI is InChI=1S/C14H12Br2O2/c15-8-11-2-1-3-13(16)14(11)18-9-10-4-6-12(17)7-5-10/h1-7,17H,8-9H2. The molecule has 2 aromatic rings. The first-order valence-electron chi connectivity index (χ1n) is 5.45. The zero-order chi connectivity index (χ0) is 13.0. The van der Waals surface area contributed by atoms with E-state index in [-0.39, 0.29) is 5.75 Å². The number of rotatable bonds is 4. The molecule has 0 saturated carbocycles. The van der Waals surface area contributed by atoms with Crippen LogP contribution in [0.4, 0.5) is 0 Å². The zero-order valence-electron chi connectivity index (χ0n) is 9.57. The van der Waals surface area contributed by atoms with Crippen LogP contribution in [0.5, 0.6) is 11.5 Å². The lowest BCUT2D eigenvalue weighted by atomic mass is 10.2. The van der Waals surface area contributed by atoms with Crippen molar-refractivity contribution >= 4 is 31.9 Å². The average molecular weight is 372 g/mol. The van der Waals surface area contributed by atoms with Crippen molar-refractivity contribution < 1.29 is 9.84 Å². The average Bonchev–Trinajstić information content (AvgIpc) is 2.39. The molecule has 0 radical (unpaired) electrons. The normalized spacial score (nSPS) is 10.3. The van der Waals surface area contributed by atoms with Crippen LogP contribution in [0.1, 0.15) is 11.1 Å². The first-order valence-corrected chi connectivity index (χ1v) is 7.36. The Morgan fingerprint density at radius 3 is 2.44 bits per heavy atom. The van der Waals surface area contributed by atoms with Gasteiger partial charge in [0.1, 0.15) is 18.1 Å². The van der Waals surface area contributed by atoms with Crippen LogP contribution in [0.2, 0.25) is 0 Å². The Hall–Kier alpha value is -1.00. The minimum atomic E-state index is 0.265. The summed E-state index contributed by atoms with van der Waals surface area (Å²) in [5.74, 6) is 1.11. The molecular formula is C14H12Br2O2. The van der Waals surface area contributed by atoms with E-state index in [0.717, 1.165) is 26.7 Å². The van der Waals surface area contributed by atoms with Crippen molar-refractivity contribution in [3.63, 3.8) is 0 Å². The Kier molecular flexibility index (Phi) is 4.66. The number of hydrogen-bond acceptors (Lipinski definition) is 2. The molecule has 2 rings (SSSR count). The van der Waals surface area contributed by atoms with Crippen molar-refractivity contribution in [2.45, 2.75) is 11.9 Å². The van der Waals surface area contributed by atoms with Gasteiger partial charge in [-0.15, -0.1) is 0 Å². The number of phenolic OH excluding ortho intramolecular Hbond substituents is 1. The van der Waals surface area contributed by atoms with Gasteiger partial charge in [0.05, 0.1) is 4.47 Å². The number of phenols is 1. The largest absolute Gasteiger partial charge is 0.508 e. The Balaban J connectivity index is 2.12. The number of ether oxygens (including phenoxy) is 1. The van der Waals surface area contributed by atoms with Crippen LogP contribution >= 0.6 is 31.9 Å². The molecule has 18 heavy (non-hydrogen) atoms. The van der Waals surface area contributed by atoms with Gasteiger partial charge in [-0.05, 0) is 39.7 Å². The summed E-state index contributed by atoms with van der Waals surface area (Å²) in [6.07, 6.45) is 0. The van der Waals surface area contributed by atoms with E-state index in [0.29, 0.717) is 6.61 Å². The molecule has 0 aromatic heterocycles. The summed E-state index contributed by atoms with van der Waals surface area (Å²) in [7, 11) is 0. The van der Waals surface area contributed by atoms with Crippen LogP contribution in [-0.2, 0) is 11.9 Å². The van der Waals surface area contributed by atoms with E-state index in [1.54, 1.807) is 12.1 Å². The van der Waals surface area contributed by atoms with Crippen LogP contribution in [0.3, 0.4) is 0 Å². The van der Waals surface area contributed by atoms with Gasteiger partial charge in [0.15, 0.2) is 0 Å². The molecule has 2 aromatic carbocycles. The molecule has 0 atom stereocenters. The third-order valence-corrected chi connectivity index (χ3v) is 3.74. The third kappa shape index (κ3) is 3.27. The van der Waals surface area contributed by atoms with Crippen molar-refractivity contribution in [1.29, 1.82) is 0 Å². The van der Waals surface area contributed by atoms with Crippen LogP contribution in [0.25, 0.3) is 0 Å². The first kappa shape index (κ1) is 13.4. The number of hydrogen-bond donors (Lipinski definition) is 1. The maximum absolute atomic E-state index is 9.21. The van der Waals surface area contributed by atoms with E-state index in [1.807, 2.05) is 30.3 Å². The molecule has 0 fully saturated rings. The van der Waals surface area contributed by atoms with Gasteiger partial charge in [-0.2, -0.15) is 0 Å². The fraction of sp³-hybridized carbons (Fsp3) is 0.143. The molecule has 0 aliphatic heterocycles. The molecule has 0 unspecified atom stereocenters. The molecule has 0 heterocycles. The molecule has 0 bridgehead atoms. The molecule has 0 spiro atoms. The Bertz CT molecular complexity index is 524. The summed E-state index contributed by atoms with van der Waals surface area (Å²) in [5, 5.41) is 9.96. The maximum Gasteiger partial charge on any atom is 0.138 e.